The second-order valence-electron chi connectivity index (χ2n) is 6.84. The quantitative estimate of drug-likeness (QED) is 0.944. The smallest absolute Gasteiger partial charge is 0.133 e. The molecule has 0 spiro atoms. The first-order valence-electron chi connectivity index (χ1n) is 8.26. The predicted molar refractivity (Wildman–Crippen MR) is 94.3 cm³/mol. The molecule has 1 aliphatic rings. The molecule has 2 heterocycles. The molecule has 0 unspecified atom stereocenters. The molecule has 1 aromatic carbocycles. The van der Waals surface area contributed by atoms with E-state index in [2.05, 4.69) is 41.5 Å². The first kappa shape index (κ1) is 15.5. The van der Waals surface area contributed by atoms with Crippen LogP contribution in [0.3, 0.4) is 0 Å². The Bertz CT molecular complexity index is 701. The summed E-state index contributed by atoms with van der Waals surface area (Å²) in [5.74, 6) is 2.29. The van der Waals surface area contributed by atoms with Gasteiger partial charge in [0.1, 0.15) is 17.6 Å². The first-order chi connectivity index (χ1) is 11.1. The van der Waals surface area contributed by atoms with Crippen LogP contribution in [0, 0.1) is 23.2 Å². The number of aromatic nitrogens is 1. The van der Waals surface area contributed by atoms with Gasteiger partial charge in [0.25, 0.3) is 0 Å². The summed E-state index contributed by atoms with van der Waals surface area (Å²) in [5, 5.41) is 9.49. The fraction of sp³-hybridized carbons (Fsp3) is 0.421. The summed E-state index contributed by atoms with van der Waals surface area (Å²) < 4.78 is 2.06. The number of nitrogen functional groups attached to an aromatic ring is 1. The average Bonchev–Trinajstić information content (AvgIpc) is 2.83. The lowest BCUT2D eigenvalue weighted by Crippen LogP contribution is -2.40. The van der Waals surface area contributed by atoms with Gasteiger partial charge in [-0.1, -0.05) is 44.2 Å². The van der Waals surface area contributed by atoms with E-state index in [-0.39, 0.29) is 0 Å². The van der Waals surface area contributed by atoms with Crippen LogP contribution in [0.2, 0.25) is 0 Å². The van der Waals surface area contributed by atoms with Crippen molar-refractivity contribution in [3.8, 4) is 6.07 Å². The largest absolute Gasteiger partial charge is 0.396 e. The van der Waals surface area contributed by atoms with Crippen LogP contribution in [0.1, 0.15) is 31.5 Å². The van der Waals surface area contributed by atoms with Crippen LogP contribution in [0.15, 0.2) is 36.4 Å². The van der Waals surface area contributed by atoms with Gasteiger partial charge < -0.3 is 15.2 Å². The maximum absolute atomic E-state index is 9.49. The Labute approximate surface area is 138 Å². The minimum atomic E-state index is 0.632. The number of hydrogen-bond donors (Lipinski definition) is 1. The maximum atomic E-state index is 9.49. The van der Waals surface area contributed by atoms with Crippen LogP contribution >= 0.6 is 0 Å². The van der Waals surface area contributed by atoms with E-state index in [1.54, 1.807) is 0 Å². The van der Waals surface area contributed by atoms with E-state index in [1.807, 2.05) is 24.3 Å². The van der Waals surface area contributed by atoms with Gasteiger partial charge in [-0.25, -0.2) is 0 Å². The van der Waals surface area contributed by atoms with Crippen LogP contribution in [0.25, 0.3) is 0 Å². The van der Waals surface area contributed by atoms with Gasteiger partial charge in [-0.15, -0.1) is 0 Å². The molecular formula is C19H24N4. The van der Waals surface area contributed by atoms with Crippen molar-refractivity contribution in [3.63, 3.8) is 0 Å². The molecule has 120 valence electrons. The lowest BCUT2D eigenvalue weighted by Gasteiger charge is -2.37. The highest BCUT2D eigenvalue weighted by atomic mass is 15.3. The van der Waals surface area contributed by atoms with Crippen LogP contribution in [0.4, 0.5) is 11.5 Å². The molecule has 1 fully saturated rings. The van der Waals surface area contributed by atoms with E-state index < -0.39 is 0 Å². The molecule has 0 saturated carbocycles. The van der Waals surface area contributed by atoms with E-state index >= 15 is 0 Å². The van der Waals surface area contributed by atoms with Gasteiger partial charge in [-0.3, -0.25) is 0 Å². The summed E-state index contributed by atoms with van der Waals surface area (Å²) in [4.78, 5) is 2.36. The third-order valence-corrected chi connectivity index (χ3v) is 4.56. The summed E-state index contributed by atoms with van der Waals surface area (Å²) in [6, 6.07) is 14.3. The van der Waals surface area contributed by atoms with Crippen molar-refractivity contribution in [2.45, 2.75) is 26.8 Å². The minimum Gasteiger partial charge on any atom is -0.396 e. The zero-order chi connectivity index (χ0) is 16.4. The maximum Gasteiger partial charge on any atom is 0.133 e. The fourth-order valence-electron chi connectivity index (χ4n) is 3.77. The Morgan fingerprint density at radius 3 is 2.43 bits per heavy atom. The Hall–Kier alpha value is -2.41. The second-order valence-corrected chi connectivity index (χ2v) is 6.84. The molecular weight excluding hydrogens is 284 g/mol. The molecule has 4 heteroatoms. The van der Waals surface area contributed by atoms with Crippen LogP contribution in [-0.2, 0) is 6.54 Å². The summed E-state index contributed by atoms with van der Waals surface area (Å²) in [6.45, 7) is 7.25. The van der Waals surface area contributed by atoms with Gasteiger partial charge in [-0.05, 0) is 29.9 Å². The van der Waals surface area contributed by atoms with Crippen molar-refractivity contribution >= 4 is 11.5 Å². The Morgan fingerprint density at radius 1 is 1.17 bits per heavy atom. The molecule has 1 saturated heterocycles. The lowest BCUT2D eigenvalue weighted by atomic mass is 9.92. The van der Waals surface area contributed by atoms with Crippen LogP contribution in [0.5, 0.6) is 0 Å². The van der Waals surface area contributed by atoms with Gasteiger partial charge >= 0.3 is 0 Å². The third-order valence-electron chi connectivity index (χ3n) is 4.56. The SMILES string of the molecule is C[C@@H]1C[C@H](C)CN(c2c(N)cc(C#N)n2Cc2ccccc2)C1. The van der Waals surface area contributed by atoms with Gasteiger partial charge in [-0.2, -0.15) is 5.26 Å². The molecule has 0 amide bonds. The van der Waals surface area contributed by atoms with Crippen molar-refractivity contribution < 1.29 is 0 Å². The standard InChI is InChI=1S/C19H24N4/c1-14-8-15(2)12-22(11-14)19-18(21)9-17(10-20)23(19)13-16-6-4-3-5-7-16/h3-7,9,14-15H,8,11-13,21H2,1-2H3/t14-,15+. The average molecular weight is 308 g/mol. The van der Waals surface area contributed by atoms with Crippen molar-refractivity contribution in [1.82, 2.24) is 4.57 Å². The van der Waals surface area contributed by atoms with E-state index in [4.69, 9.17) is 5.73 Å². The number of anilines is 2. The topological polar surface area (TPSA) is 58.0 Å². The Balaban J connectivity index is 1.99. The number of hydrogen-bond acceptors (Lipinski definition) is 3. The number of rotatable bonds is 3. The first-order valence-corrected chi connectivity index (χ1v) is 8.26. The molecule has 4 nitrogen and oxygen atoms in total. The molecule has 2 N–H and O–H groups in total. The Morgan fingerprint density at radius 2 is 1.83 bits per heavy atom. The van der Waals surface area contributed by atoms with Crippen molar-refractivity contribution in [2.75, 3.05) is 23.7 Å². The minimum absolute atomic E-state index is 0.632. The van der Waals surface area contributed by atoms with Crippen molar-refractivity contribution in [2.24, 2.45) is 11.8 Å². The number of nitrogens with zero attached hydrogens (tertiary/aromatic N) is 3. The molecule has 0 aliphatic carbocycles. The van der Waals surface area contributed by atoms with Crippen LogP contribution < -0.4 is 10.6 Å². The summed E-state index contributed by atoms with van der Waals surface area (Å²) in [6.07, 6.45) is 1.25. The van der Waals surface area contributed by atoms with Crippen LogP contribution in [-0.4, -0.2) is 17.7 Å². The zero-order valence-corrected chi connectivity index (χ0v) is 13.9. The number of nitrogens with two attached hydrogens (primary N) is 1. The number of nitriles is 1. The van der Waals surface area contributed by atoms with Gasteiger partial charge in [0.2, 0.25) is 0 Å². The summed E-state index contributed by atoms with van der Waals surface area (Å²) in [7, 11) is 0. The highest BCUT2D eigenvalue weighted by molar-refractivity contribution is 5.68. The van der Waals surface area contributed by atoms with E-state index in [9.17, 15) is 5.26 Å². The predicted octanol–water partition coefficient (Wildman–Crippen LogP) is 3.47. The summed E-state index contributed by atoms with van der Waals surface area (Å²) in [5.41, 5.74) is 8.80. The van der Waals surface area contributed by atoms with Crippen molar-refractivity contribution in [1.29, 1.82) is 5.26 Å². The van der Waals surface area contributed by atoms with Gasteiger partial charge in [0, 0.05) is 13.1 Å². The van der Waals surface area contributed by atoms with Crippen molar-refractivity contribution in [3.05, 3.63) is 47.7 Å². The van der Waals surface area contributed by atoms with E-state index in [0.29, 0.717) is 29.8 Å². The normalized spacial score (nSPS) is 21.2. The molecule has 0 bridgehead atoms. The molecule has 0 radical (unpaired) electrons. The molecule has 1 aromatic heterocycles. The lowest BCUT2D eigenvalue weighted by molar-refractivity contribution is 0.353. The molecule has 3 rings (SSSR count). The zero-order valence-electron chi connectivity index (χ0n) is 13.9. The van der Waals surface area contributed by atoms with Gasteiger partial charge in [0.05, 0.1) is 12.2 Å². The molecule has 1 aliphatic heterocycles. The van der Waals surface area contributed by atoms with Gasteiger partial charge in [0.15, 0.2) is 0 Å². The highest BCUT2D eigenvalue weighted by Crippen LogP contribution is 2.33. The summed E-state index contributed by atoms with van der Waals surface area (Å²) >= 11 is 0. The van der Waals surface area contributed by atoms with E-state index in [1.165, 1.54) is 12.0 Å². The monoisotopic (exact) mass is 308 g/mol. The molecule has 2 atom stereocenters. The molecule has 23 heavy (non-hydrogen) atoms. The Kier molecular flexibility index (Phi) is 4.29. The fourth-order valence-corrected chi connectivity index (χ4v) is 3.77. The third kappa shape index (κ3) is 3.19. The van der Waals surface area contributed by atoms with E-state index in [0.717, 1.165) is 18.9 Å². The highest BCUT2D eigenvalue weighted by Gasteiger charge is 2.26. The second kappa shape index (κ2) is 6.37. The number of piperidine rings is 1. The number of benzene rings is 1. The molecule has 2 aromatic rings.